The Bertz CT molecular complexity index is 1150. The molecule has 0 saturated carbocycles. The maximum atomic E-state index is 12.9. The van der Waals surface area contributed by atoms with E-state index in [4.69, 9.17) is 0 Å². The highest BCUT2D eigenvalue weighted by atomic mass is 32.2. The first-order valence-corrected chi connectivity index (χ1v) is 12.9. The number of anilines is 1. The van der Waals surface area contributed by atoms with Gasteiger partial charge < -0.3 is 0 Å². The van der Waals surface area contributed by atoms with Crippen molar-refractivity contribution in [2.75, 3.05) is 11.6 Å². The summed E-state index contributed by atoms with van der Waals surface area (Å²) in [5, 5.41) is 3.69. The number of thioether (sulfide) groups is 1. The molecule has 0 bridgehead atoms. The Labute approximate surface area is 183 Å². The Morgan fingerprint density at radius 1 is 1.17 bits per heavy atom. The van der Waals surface area contributed by atoms with Crippen LogP contribution in [0.15, 0.2) is 59.8 Å². The second-order valence-corrected chi connectivity index (χ2v) is 10.6. The quantitative estimate of drug-likeness (QED) is 0.568. The highest BCUT2D eigenvalue weighted by Gasteiger charge is 2.37. The Balaban J connectivity index is 1.45. The summed E-state index contributed by atoms with van der Waals surface area (Å²) in [7, 11) is -3.55. The minimum Gasteiger partial charge on any atom is -0.299 e. The minimum atomic E-state index is -3.55. The fourth-order valence-electron chi connectivity index (χ4n) is 3.30. The summed E-state index contributed by atoms with van der Waals surface area (Å²) >= 11 is 2.57. The van der Waals surface area contributed by atoms with Crippen molar-refractivity contribution in [3.8, 4) is 0 Å². The molecule has 4 rings (SSSR count). The molecule has 2 heterocycles. The fourth-order valence-corrected chi connectivity index (χ4v) is 5.81. The van der Waals surface area contributed by atoms with Crippen LogP contribution in [0.2, 0.25) is 0 Å². The second kappa shape index (κ2) is 8.84. The van der Waals surface area contributed by atoms with Gasteiger partial charge in [0.15, 0.2) is 0 Å². The first-order valence-electron chi connectivity index (χ1n) is 9.25. The Morgan fingerprint density at radius 2 is 1.87 bits per heavy atom. The number of nitrogens with zero attached hydrogens (tertiary/aromatic N) is 3. The molecule has 30 heavy (non-hydrogen) atoms. The van der Waals surface area contributed by atoms with Gasteiger partial charge >= 0.3 is 0 Å². The lowest BCUT2D eigenvalue weighted by atomic mass is 9.95. The maximum Gasteiger partial charge on any atom is 0.245 e. The number of aromatic nitrogens is 2. The van der Waals surface area contributed by atoms with Gasteiger partial charge in [0.1, 0.15) is 6.04 Å². The first kappa shape index (κ1) is 21.0. The number of nitrogens with one attached hydrogen (secondary N) is 1. The van der Waals surface area contributed by atoms with Crippen LogP contribution in [0.5, 0.6) is 0 Å². The molecule has 1 atom stereocenters. The summed E-state index contributed by atoms with van der Waals surface area (Å²) in [6.45, 7) is 0.182. The molecule has 3 aromatic rings. The topological polar surface area (TPSA) is 92.3 Å². The van der Waals surface area contributed by atoms with E-state index < -0.39 is 22.0 Å². The lowest BCUT2D eigenvalue weighted by molar-refractivity contribution is -0.120. The van der Waals surface area contributed by atoms with Gasteiger partial charge in [0.2, 0.25) is 26.2 Å². The Kier molecular flexibility index (Phi) is 6.19. The van der Waals surface area contributed by atoms with Gasteiger partial charge in [-0.1, -0.05) is 66.4 Å². The van der Waals surface area contributed by atoms with Crippen molar-refractivity contribution in [3.05, 3.63) is 71.3 Å². The predicted octanol–water partition coefficient (Wildman–Crippen LogP) is 3.16. The number of fused-ring (bicyclic) bond motifs is 1. The van der Waals surface area contributed by atoms with E-state index in [-0.39, 0.29) is 6.54 Å². The van der Waals surface area contributed by atoms with Crippen LogP contribution < -0.4 is 5.32 Å². The molecule has 0 fully saturated rings. The van der Waals surface area contributed by atoms with E-state index in [1.165, 1.54) is 16.1 Å². The molecule has 1 aliphatic heterocycles. The van der Waals surface area contributed by atoms with Crippen molar-refractivity contribution in [2.24, 2.45) is 0 Å². The standard InChI is InChI=1S/C20H20N4O3S3/c1-30(26,27)24-12-16-10-6-5-9-15(16)11-17(24)18(25)21-19-22-20(23-29-19)28-13-14-7-3-2-4-8-14/h2-10,17H,11-13H2,1H3,(H,21,22,23,25)/t17-/m0/s1. The van der Waals surface area contributed by atoms with Gasteiger partial charge in [-0.2, -0.15) is 13.7 Å². The van der Waals surface area contributed by atoms with E-state index in [1.807, 2.05) is 54.6 Å². The van der Waals surface area contributed by atoms with Crippen molar-refractivity contribution >= 4 is 44.4 Å². The normalized spacial score (nSPS) is 16.8. The van der Waals surface area contributed by atoms with E-state index in [0.717, 1.165) is 40.2 Å². The van der Waals surface area contributed by atoms with Crippen LogP contribution in [0, 0.1) is 0 Å². The number of hydrogen-bond donors (Lipinski definition) is 1. The lowest BCUT2D eigenvalue weighted by Gasteiger charge is -2.33. The van der Waals surface area contributed by atoms with Crippen LogP contribution in [-0.2, 0) is 33.5 Å². The SMILES string of the molecule is CS(=O)(=O)N1Cc2ccccc2C[C@H]1C(=O)Nc1nc(SCc2ccccc2)ns1. The Morgan fingerprint density at radius 3 is 2.60 bits per heavy atom. The average molecular weight is 461 g/mol. The van der Waals surface area contributed by atoms with Crippen molar-refractivity contribution in [1.82, 2.24) is 13.7 Å². The van der Waals surface area contributed by atoms with E-state index >= 15 is 0 Å². The van der Waals surface area contributed by atoms with E-state index in [1.54, 1.807) is 0 Å². The van der Waals surface area contributed by atoms with Gasteiger partial charge in [0, 0.05) is 23.8 Å². The van der Waals surface area contributed by atoms with Crippen LogP contribution in [0.3, 0.4) is 0 Å². The summed E-state index contributed by atoms with van der Waals surface area (Å²) in [5.41, 5.74) is 3.06. The largest absolute Gasteiger partial charge is 0.299 e. The zero-order chi connectivity index (χ0) is 21.1. The third-order valence-electron chi connectivity index (χ3n) is 4.78. The molecule has 2 aromatic carbocycles. The molecule has 1 amide bonds. The summed E-state index contributed by atoms with van der Waals surface area (Å²) in [6, 6.07) is 16.7. The number of hydrogen-bond acceptors (Lipinski definition) is 7. The zero-order valence-electron chi connectivity index (χ0n) is 16.2. The van der Waals surface area contributed by atoms with Gasteiger partial charge in [0.25, 0.3) is 0 Å². The first-order chi connectivity index (χ1) is 14.4. The minimum absolute atomic E-state index is 0.182. The molecular formula is C20H20N4O3S3. The smallest absolute Gasteiger partial charge is 0.245 e. The number of carbonyl (C=O) groups is 1. The summed E-state index contributed by atoms with van der Waals surface area (Å²) in [4.78, 5) is 17.3. The fraction of sp³-hybridized carbons (Fsp3) is 0.250. The van der Waals surface area contributed by atoms with Gasteiger partial charge in [-0.05, 0) is 23.1 Å². The number of sulfonamides is 1. The van der Waals surface area contributed by atoms with Crippen LogP contribution in [-0.4, -0.2) is 40.3 Å². The third-order valence-corrected chi connectivity index (χ3v) is 7.68. The van der Waals surface area contributed by atoms with Crippen molar-refractivity contribution < 1.29 is 13.2 Å². The average Bonchev–Trinajstić information content (AvgIpc) is 3.18. The summed E-state index contributed by atoms with van der Waals surface area (Å²) < 4.78 is 30.1. The molecule has 1 aromatic heterocycles. The van der Waals surface area contributed by atoms with Crippen molar-refractivity contribution in [3.63, 3.8) is 0 Å². The van der Waals surface area contributed by atoms with Crippen molar-refractivity contribution in [1.29, 1.82) is 0 Å². The number of rotatable bonds is 6. The molecule has 10 heteroatoms. The number of benzene rings is 2. The number of carbonyl (C=O) groups excluding carboxylic acids is 1. The molecule has 0 radical (unpaired) electrons. The summed E-state index contributed by atoms with van der Waals surface area (Å²) in [6.07, 6.45) is 1.45. The summed E-state index contributed by atoms with van der Waals surface area (Å²) in [5.74, 6) is 0.331. The lowest BCUT2D eigenvalue weighted by Crippen LogP contribution is -2.50. The van der Waals surface area contributed by atoms with Crippen LogP contribution >= 0.6 is 23.3 Å². The predicted molar refractivity (Wildman–Crippen MR) is 119 cm³/mol. The molecule has 7 nitrogen and oxygen atoms in total. The maximum absolute atomic E-state index is 12.9. The third kappa shape index (κ3) is 4.89. The molecular weight excluding hydrogens is 440 g/mol. The number of amides is 1. The van der Waals surface area contributed by atoms with Gasteiger partial charge in [-0.15, -0.1) is 0 Å². The molecule has 156 valence electrons. The van der Waals surface area contributed by atoms with Gasteiger partial charge in [-0.3, -0.25) is 10.1 Å². The van der Waals surface area contributed by atoms with Crippen LogP contribution in [0.25, 0.3) is 0 Å². The van der Waals surface area contributed by atoms with E-state index in [9.17, 15) is 13.2 Å². The monoisotopic (exact) mass is 460 g/mol. The van der Waals surface area contributed by atoms with Crippen molar-refractivity contribution in [2.45, 2.75) is 29.9 Å². The molecule has 0 unspecified atom stereocenters. The van der Waals surface area contributed by atoms with Gasteiger partial charge in [-0.25, -0.2) is 8.42 Å². The molecule has 0 spiro atoms. The molecule has 1 aliphatic rings. The molecule has 1 N–H and O–H groups in total. The second-order valence-electron chi connectivity index (χ2n) is 6.94. The van der Waals surface area contributed by atoms with E-state index in [0.29, 0.717) is 16.7 Å². The zero-order valence-corrected chi connectivity index (χ0v) is 18.6. The van der Waals surface area contributed by atoms with E-state index in [2.05, 4.69) is 14.7 Å². The molecule has 0 saturated heterocycles. The van der Waals surface area contributed by atoms with Crippen LogP contribution in [0.4, 0.5) is 5.13 Å². The van der Waals surface area contributed by atoms with Crippen LogP contribution in [0.1, 0.15) is 16.7 Å². The van der Waals surface area contributed by atoms with Gasteiger partial charge in [0.05, 0.1) is 6.26 Å². The molecule has 0 aliphatic carbocycles. The Hall–Kier alpha value is -2.27. The highest BCUT2D eigenvalue weighted by molar-refractivity contribution is 7.98. The highest BCUT2D eigenvalue weighted by Crippen LogP contribution is 2.27.